The van der Waals surface area contributed by atoms with Crippen LogP contribution in [0.4, 0.5) is 4.79 Å². The molecule has 4 nitrogen and oxygen atoms in total. The first-order valence-electron chi connectivity index (χ1n) is 8.62. The summed E-state index contributed by atoms with van der Waals surface area (Å²) in [5, 5.41) is 0.714. The molecule has 0 aromatic heterocycles. The normalized spacial score (nSPS) is 23.8. The highest BCUT2D eigenvalue weighted by molar-refractivity contribution is 6.30. The molecule has 1 aromatic rings. The maximum Gasteiger partial charge on any atom is 0.409 e. The summed E-state index contributed by atoms with van der Waals surface area (Å²) in [4.78, 5) is 16.2. The first kappa shape index (κ1) is 17.1. The van der Waals surface area contributed by atoms with Crippen molar-refractivity contribution in [3.63, 3.8) is 0 Å². The van der Waals surface area contributed by atoms with E-state index in [1.165, 1.54) is 0 Å². The minimum atomic E-state index is -0.190. The highest BCUT2D eigenvalue weighted by atomic mass is 35.5. The van der Waals surface area contributed by atoms with E-state index < -0.39 is 0 Å². The molecular weight excluding hydrogens is 324 g/mol. The second-order valence-corrected chi connectivity index (χ2v) is 6.70. The number of nitrogens with zero attached hydrogens (tertiary/aromatic N) is 2. The first-order valence-corrected chi connectivity index (χ1v) is 8.99. The number of carbonyl (C=O) groups is 1. The van der Waals surface area contributed by atoms with Crippen molar-refractivity contribution in [2.75, 3.05) is 26.2 Å². The average molecular weight is 347 g/mol. The van der Waals surface area contributed by atoms with Crippen LogP contribution < -0.4 is 0 Å². The number of piperidine rings is 1. The minimum absolute atomic E-state index is 0.190. The molecule has 2 fully saturated rings. The fraction of sp³-hybridized carbons (Fsp3) is 0.526. The van der Waals surface area contributed by atoms with Crippen LogP contribution in [0.3, 0.4) is 0 Å². The summed E-state index contributed by atoms with van der Waals surface area (Å²) in [6, 6.07) is 8.31. The van der Waals surface area contributed by atoms with Gasteiger partial charge in [-0.05, 0) is 44.4 Å². The molecule has 2 aliphatic heterocycles. The van der Waals surface area contributed by atoms with Crippen molar-refractivity contribution in [3.8, 4) is 11.8 Å². The molecule has 0 radical (unpaired) electrons. The van der Waals surface area contributed by atoms with E-state index in [1.807, 2.05) is 36.1 Å². The number of amides is 1. The lowest BCUT2D eigenvalue weighted by atomic mass is 9.93. The van der Waals surface area contributed by atoms with Crippen LogP contribution in [0.15, 0.2) is 24.3 Å². The Morgan fingerprint density at radius 2 is 2.25 bits per heavy atom. The minimum Gasteiger partial charge on any atom is -0.450 e. The molecule has 1 amide bonds. The predicted octanol–water partition coefficient (Wildman–Crippen LogP) is 3.39. The molecule has 128 valence electrons. The van der Waals surface area contributed by atoms with Crippen LogP contribution in [0.2, 0.25) is 5.02 Å². The zero-order chi connectivity index (χ0) is 16.9. The van der Waals surface area contributed by atoms with E-state index in [2.05, 4.69) is 16.7 Å². The fourth-order valence-corrected chi connectivity index (χ4v) is 3.71. The van der Waals surface area contributed by atoms with Crippen molar-refractivity contribution in [1.82, 2.24) is 9.80 Å². The lowest BCUT2D eigenvalue weighted by Crippen LogP contribution is -2.59. The number of hydrogen-bond acceptors (Lipinski definition) is 3. The summed E-state index contributed by atoms with van der Waals surface area (Å²) in [5.41, 5.74) is 0.954. The third-order valence-corrected chi connectivity index (χ3v) is 4.91. The van der Waals surface area contributed by atoms with Crippen molar-refractivity contribution in [2.24, 2.45) is 0 Å². The van der Waals surface area contributed by atoms with Crippen LogP contribution in [0, 0.1) is 11.8 Å². The summed E-state index contributed by atoms with van der Waals surface area (Å²) in [6.45, 7) is 4.59. The van der Waals surface area contributed by atoms with E-state index >= 15 is 0 Å². The number of benzene rings is 1. The second kappa shape index (κ2) is 7.92. The van der Waals surface area contributed by atoms with Gasteiger partial charge in [0.05, 0.1) is 12.6 Å². The molecule has 2 heterocycles. The lowest BCUT2D eigenvalue weighted by molar-refractivity contribution is 0.0223. The zero-order valence-electron chi connectivity index (χ0n) is 14.0. The molecule has 5 heteroatoms. The van der Waals surface area contributed by atoms with Crippen molar-refractivity contribution in [3.05, 3.63) is 34.9 Å². The Balaban J connectivity index is 1.66. The van der Waals surface area contributed by atoms with Crippen LogP contribution >= 0.6 is 11.6 Å². The van der Waals surface area contributed by atoms with E-state index in [0.29, 0.717) is 24.2 Å². The van der Waals surface area contributed by atoms with Gasteiger partial charge in [-0.1, -0.05) is 29.5 Å². The molecule has 0 spiro atoms. The van der Waals surface area contributed by atoms with E-state index in [-0.39, 0.29) is 12.1 Å². The molecule has 0 aliphatic carbocycles. The molecule has 0 bridgehead atoms. The van der Waals surface area contributed by atoms with Crippen LogP contribution in [0.5, 0.6) is 0 Å². The molecule has 24 heavy (non-hydrogen) atoms. The quantitative estimate of drug-likeness (QED) is 0.731. The highest BCUT2D eigenvalue weighted by Gasteiger charge is 2.35. The Labute approximate surface area is 148 Å². The van der Waals surface area contributed by atoms with Crippen molar-refractivity contribution in [2.45, 2.75) is 38.3 Å². The predicted molar refractivity (Wildman–Crippen MR) is 95.1 cm³/mol. The van der Waals surface area contributed by atoms with Gasteiger partial charge in [0.25, 0.3) is 0 Å². The van der Waals surface area contributed by atoms with Gasteiger partial charge in [0.15, 0.2) is 0 Å². The van der Waals surface area contributed by atoms with E-state index in [4.69, 9.17) is 16.3 Å². The third-order valence-electron chi connectivity index (χ3n) is 4.68. The lowest BCUT2D eigenvalue weighted by Gasteiger charge is -2.46. The van der Waals surface area contributed by atoms with Gasteiger partial charge in [-0.2, -0.15) is 0 Å². The van der Waals surface area contributed by atoms with E-state index in [1.54, 1.807) is 0 Å². The van der Waals surface area contributed by atoms with Gasteiger partial charge in [0.2, 0.25) is 0 Å². The van der Waals surface area contributed by atoms with Gasteiger partial charge in [-0.15, -0.1) is 0 Å². The Morgan fingerprint density at radius 3 is 3.04 bits per heavy atom. The number of halogens is 1. The maximum absolute atomic E-state index is 11.9. The van der Waals surface area contributed by atoms with Crippen LogP contribution in [0.25, 0.3) is 0 Å². The van der Waals surface area contributed by atoms with Gasteiger partial charge in [-0.3, -0.25) is 4.90 Å². The number of piperazine rings is 1. The molecule has 2 aliphatic rings. The highest BCUT2D eigenvalue weighted by Crippen LogP contribution is 2.26. The average Bonchev–Trinajstić information content (AvgIpc) is 2.59. The smallest absolute Gasteiger partial charge is 0.409 e. The molecule has 1 aromatic carbocycles. The van der Waals surface area contributed by atoms with Crippen molar-refractivity contribution in [1.29, 1.82) is 0 Å². The van der Waals surface area contributed by atoms with E-state index in [9.17, 15) is 4.79 Å². The Hall–Kier alpha value is -1.70. The van der Waals surface area contributed by atoms with Gasteiger partial charge in [0, 0.05) is 36.3 Å². The Kier molecular flexibility index (Phi) is 5.65. The number of rotatable bonds is 1. The molecule has 1 unspecified atom stereocenters. The molecule has 2 atom stereocenters. The molecule has 2 saturated heterocycles. The maximum atomic E-state index is 11.9. The van der Waals surface area contributed by atoms with Crippen LogP contribution in [0.1, 0.15) is 31.7 Å². The molecule has 0 N–H and O–H groups in total. The van der Waals surface area contributed by atoms with E-state index in [0.717, 1.165) is 37.9 Å². The standard InChI is InChI=1S/C19H23ClN2O2/c1-2-24-19(23)21-11-12-22-17(7-4-8-18(22)14-21)10-9-15-5-3-6-16(20)13-15/h3,5-6,13,17-18H,2,4,7-8,11-12,14H2,1H3/t17?,18-/m0/s1. The van der Waals surface area contributed by atoms with Crippen LogP contribution in [-0.2, 0) is 4.74 Å². The van der Waals surface area contributed by atoms with Crippen molar-refractivity contribution >= 4 is 17.7 Å². The molecule has 0 saturated carbocycles. The summed E-state index contributed by atoms with van der Waals surface area (Å²) in [6.07, 6.45) is 3.16. The second-order valence-electron chi connectivity index (χ2n) is 6.26. The molecule has 3 rings (SSSR count). The topological polar surface area (TPSA) is 32.8 Å². The zero-order valence-corrected chi connectivity index (χ0v) is 14.8. The number of carbonyl (C=O) groups excluding carboxylic acids is 1. The van der Waals surface area contributed by atoms with Crippen LogP contribution in [-0.4, -0.2) is 54.2 Å². The summed E-state index contributed by atoms with van der Waals surface area (Å²) >= 11 is 6.02. The van der Waals surface area contributed by atoms with Gasteiger partial charge in [-0.25, -0.2) is 4.79 Å². The Morgan fingerprint density at radius 1 is 1.38 bits per heavy atom. The number of hydrogen-bond donors (Lipinski definition) is 0. The van der Waals surface area contributed by atoms with Crippen molar-refractivity contribution < 1.29 is 9.53 Å². The fourth-order valence-electron chi connectivity index (χ4n) is 3.52. The summed E-state index contributed by atoms with van der Waals surface area (Å²) < 4.78 is 5.13. The number of fused-ring (bicyclic) bond motifs is 1. The largest absolute Gasteiger partial charge is 0.450 e. The summed E-state index contributed by atoms with van der Waals surface area (Å²) in [5.74, 6) is 6.68. The van der Waals surface area contributed by atoms with Gasteiger partial charge in [0.1, 0.15) is 0 Å². The monoisotopic (exact) mass is 346 g/mol. The Bertz CT molecular complexity index is 652. The van der Waals surface area contributed by atoms with Gasteiger partial charge >= 0.3 is 6.09 Å². The summed E-state index contributed by atoms with van der Waals surface area (Å²) in [7, 11) is 0. The third kappa shape index (κ3) is 4.03. The SMILES string of the molecule is CCOC(=O)N1CCN2C(C#Cc3cccc(Cl)c3)CCC[C@H]2C1. The van der Waals surface area contributed by atoms with Gasteiger partial charge < -0.3 is 9.64 Å². The molecular formula is C19H23ClN2O2. The number of ether oxygens (including phenoxy) is 1. The first-order chi connectivity index (χ1) is 11.7.